The lowest BCUT2D eigenvalue weighted by atomic mass is 9.80. The number of aliphatic hydroxyl groups excluding tert-OH is 1. The number of rotatable bonds is 2. The second-order valence-corrected chi connectivity index (χ2v) is 5.15. The quantitative estimate of drug-likeness (QED) is 0.694. The second kappa shape index (κ2) is 8.12. The van der Waals surface area contributed by atoms with Gasteiger partial charge in [0.15, 0.2) is 0 Å². The molecule has 1 atom stereocenters. The zero-order valence-electron chi connectivity index (χ0n) is 11.0. The summed E-state index contributed by atoms with van der Waals surface area (Å²) in [5.41, 5.74) is 0.519. The van der Waals surface area contributed by atoms with Crippen molar-refractivity contribution in [2.75, 3.05) is 13.7 Å². The average Bonchev–Trinajstić information content (AvgIpc) is 2.39. The molecule has 1 saturated carbocycles. The van der Waals surface area contributed by atoms with Crippen molar-refractivity contribution in [2.45, 2.75) is 65.3 Å². The Kier molecular flexibility index (Phi) is 8.07. The summed E-state index contributed by atoms with van der Waals surface area (Å²) in [6.45, 7) is 7.03. The zero-order valence-corrected chi connectivity index (χ0v) is 11.0. The van der Waals surface area contributed by atoms with Gasteiger partial charge in [-0.15, -0.1) is 0 Å². The first-order valence-corrected chi connectivity index (χ1v) is 6.36. The van der Waals surface area contributed by atoms with Crippen molar-refractivity contribution in [3.8, 4) is 0 Å². The van der Waals surface area contributed by atoms with Gasteiger partial charge in [0.25, 0.3) is 0 Å². The predicted octanol–water partition coefficient (Wildman–Crippen LogP) is 2.95. The third-order valence-electron chi connectivity index (χ3n) is 3.33. The van der Waals surface area contributed by atoms with Crippen LogP contribution in [0.1, 0.15) is 59.3 Å². The summed E-state index contributed by atoms with van der Waals surface area (Å²) in [7, 11) is 2.09. The maximum absolute atomic E-state index is 7.88. The van der Waals surface area contributed by atoms with Gasteiger partial charge in [0.05, 0.1) is 0 Å². The summed E-state index contributed by atoms with van der Waals surface area (Å²) in [5.74, 6) is 0. The van der Waals surface area contributed by atoms with Crippen molar-refractivity contribution in [3.05, 3.63) is 0 Å². The van der Waals surface area contributed by atoms with Crippen molar-refractivity contribution in [1.82, 2.24) is 5.32 Å². The maximum atomic E-state index is 7.88. The van der Waals surface area contributed by atoms with Gasteiger partial charge in [0.1, 0.15) is 0 Å². The van der Waals surface area contributed by atoms with Crippen molar-refractivity contribution in [1.29, 1.82) is 0 Å². The average molecular weight is 215 g/mol. The molecule has 0 spiro atoms. The van der Waals surface area contributed by atoms with E-state index in [9.17, 15) is 0 Å². The number of aliphatic hydroxyl groups is 1. The highest BCUT2D eigenvalue weighted by atomic mass is 16.2. The molecule has 1 unspecified atom stereocenters. The Balaban J connectivity index is 0.000000423. The summed E-state index contributed by atoms with van der Waals surface area (Å²) in [4.78, 5) is 0. The van der Waals surface area contributed by atoms with Crippen LogP contribution in [0.15, 0.2) is 0 Å². The molecular weight excluding hydrogens is 186 g/mol. The van der Waals surface area contributed by atoms with Gasteiger partial charge in [-0.2, -0.15) is 0 Å². The summed E-state index contributed by atoms with van der Waals surface area (Å²) in [6, 6.07) is 0.741. The van der Waals surface area contributed by atoms with Crippen LogP contribution in [0.2, 0.25) is 0 Å². The highest BCUT2D eigenvalue weighted by Crippen LogP contribution is 2.33. The van der Waals surface area contributed by atoms with Crippen LogP contribution in [0, 0.1) is 5.41 Å². The summed E-state index contributed by atoms with van der Waals surface area (Å²) in [5, 5.41) is 11.3. The van der Waals surface area contributed by atoms with E-state index in [1.165, 1.54) is 32.1 Å². The fraction of sp³-hybridized carbons (Fsp3) is 1.00. The van der Waals surface area contributed by atoms with Crippen LogP contribution in [0.25, 0.3) is 0 Å². The molecule has 1 aliphatic rings. The molecule has 2 nitrogen and oxygen atoms in total. The molecule has 0 heterocycles. The Bertz CT molecular complexity index is 143. The van der Waals surface area contributed by atoms with E-state index in [0.717, 1.165) is 12.5 Å². The number of nitrogens with one attached hydrogen (secondary N) is 1. The Morgan fingerprint density at radius 1 is 1.27 bits per heavy atom. The molecule has 0 saturated heterocycles. The minimum Gasteiger partial charge on any atom is -0.396 e. The van der Waals surface area contributed by atoms with E-state index in [4.69, 9.17) is 5.11 Å². The molecule has 2 N–H and O–H groups in total. The van der Waals surface area contributed by atoms with Crippen molar-refractivity contribution >= 4 is 0 Å². The molecule has 0 aliphatic heterocycles. The largest absolute Gasteiger partial charge is 0.396 e. The molecule has 0 amide bonds. The van der Waals surface area contributed by atoms with Gasteiger partial charge in [-0.05, 0) is 31.7 Å². The smallest absolute Gasteiger partial charge is 0.0428 e. The van der Waals surface area contributed by atoms with Crippen LogP contribution in [-0.2, 0) is 0 Å². The van der Waals surface area contributed by atoms with Crippen LogP contribution in [0.3, 0.4) is 0 Å². The molecule has 1 aliphatic carbocycles. The lowest BCUT2D eigenvalue weighted by Crippen LogP contribution is -2.38. The summed E-state index contributed by atoms with van der Waals surface area (Å²) < 4.78 is 0. The number of hydrogen-bond donors (Lipinski definition) is 2. The molecular formula is C13H29NO. The molecule has 1 fully saturated rings. The van der Waals surface area contributed by atoms with Gasteiger partial charge in [0.2, 0.25) is 0 Å². The van der Waals surface area contributed by atoms with Crippen LogP contribution in [0.5, 0.6) is 0 Å². The zero-order chi connectivity index (χ0) is 11.7. The van der Waals surface area contributed by atoms with Gasteiger partial charge in [-0.3, -0.25) is 0 Å². The van der Waals surface area contributed by atoms with E-state index in [-0.39, 0.29) is 0 Å². The fourth-order valence-corrected chi connectivity index (χ4v) is 2.21. The van der Waals surface area contributed by atoms with E-state index < -0.39 is 0 Å². The van der Waals surface area contributed by atoms with E-state index in [0.29, 0.717) is 12.0 Å². The van der Waals surface area contributed by atoms with Gasteiger partial charge >= 0.3 is 0 Å². The van der Waals surface area contributed by atoms with Crippen LogP contribution >= 0.6 is 0 Å². The Morgan fingerprint density at radius 3 is 2.33 bits per heavy atom. The molecule has 0 radical (unpaired) electrons. The molecule has 0 bridgehead atoms. The third kappa shape index (κ3) is 6.16. The number of hydrogen-bond acceptors (Lipinski definition) is 2. The van der Waals surface area contributed by atoms with E-state index in [1.807, 2.05) is 6.92 Å². The molecule has 92 valence electrons. The lowest BCUT2D eigenvalue weighted by Gasteiger charge is -2.32. The SMILES string of the molecule is CCCO.CNC1CCCCCC1(C)C. The first-order chi connectivity index (χ1) is 7.08. The van der Waals surface area contributed by atoms with E-state index in [2.05, 4.69) is 26.2 Å². The molecule has 2 heteroatoms. The van der Waals surface area contributed by atoms with Crippen molar-refractivity contribution < 1.29 is 5.11 Å². The minimum atomic E-state index is 0.319. The fourth-order valence-electron chi connectivity index (χ4n) is 2.21. The highest BCUT2D eigenvalue weighted by molar-refractivity contribution is 4.85. The summed E-state index contributed by atoms with van der Waals surface area (Å²) >= 11 is 0. The summed E-state index contributed by atoms with van der Waals surface area (Å²) in [6.07, 6.45) is 7.89. The van der Waals surface area contributed by atoms with E-state index in [1.54, 1.807) is 0 Å². The second-order valence-electron chi connectivity index (χ2n) is 5.15. The topological polar surface area (TPSA) is 32.3 Å². The molecule has 0 aromatic carbocycles. The lowest BCUT2D eigenvalue weighted by molar-refractivity contribution is 0.235. The first-order valence-electron chi connectivity index (χ1n) is 6.36. The van der Waals surface area contributed by atoms with Gasteiger partial charge in [-0.1, -0.05) is 40.0 Å². The maximum Gasteiger partial charge on any atom is 0.0428 e. The molecule has 0 aromatic heterocycles. The van der Waals surface area contributed by atoms with Crippen molar-refractivity contribution in [2.24, 2.45) is 5.41 Å². The predicted molar refractivity (Wildman–Crippen MR) is 67.1 cm³/mol. The molecule has 1 rings (SSSR count). The van der Waals surface area contributed by atoms with Crippen LogP contribution < -0.4 is 5.32 Å². The monoisotopic (exact) mass is 215 g/mol. The van der Waals surface area contributed by atoms with Gasteiger partial charge in [-0.25, -0.2) is 0 Å². The Morgan fingerprint density at radius 2 is 1.87 bits per heavy atom. The molecule has 15 heavy (non-hydrogen) atoms. The Labute approximate surface area is 95.5 Å². The normalized spacial score (nSPS) is 25.0. The van der Waals surface area contributed by atoms with E-state index >= 15 is 0 Å². The first kappa shape index (κ1) is 14.9. The van der Waals surface area contributed by atoms with Crippen LogP contribution in [0.4, 0.5) is 0 Å². The Hall–Kier alpha value is -0.0800. The van der Waals surface area contributed by atoms with Gasteiger partial charge < -0.3 is 10.4 Å². The highest BCUT2D eigenvalue weighted by Gasteiger charge is 2.28. The molecule has 0 aromatic rings. The minimum absolute atomic E-state index is 0.319. The van der Waals surface area contributed by atoms with Crippen LogP contribution in [-0.4, -0.2) is 24.8 Å². The third-order valence-corrected chi connectivity index (χ3v) is 3.33. The van der Waals surface area contributed by atoms with Crippen molar-refractivity contribution in [3.63, 3.8) is 0 Å². The standard InChI is InChI=1S/C10H21N.C3H8O/c1-10(2)8-6-4-5-7-9(10)11-3;1-2-3-4/h9,11H,4-8H2,1-3H3;4H,2-3H2,1H3. The van der Waals surface area contributed by atoms with Gasteiger partial charge in [0, 0.05) is 12.6 Å².